The molecule has 1 fully saturated rings. The minimum absolute atomic E-state index is 0.160. The second-order valence-electron chi connectivity index (χ2n) is 8.95. The number of carbonyl (C=O) groups excluding carboxylic acids is 3. The molecule has 1 rings (SSSR count). The molecular formula is C18H32NO8P. The van der Waals surface area contributed by atoms with E-state index in [0.29, 0.717) is 0 Å². The fraction of sp³-hybridized carbons (Fsp3) is 0.833. The third kappa shape index (κ3) is 6.29. The first-order valence-corrected chi connectivity index (χ1v) is 10.7. The van der Waals surface area contributed by atoms with Crippen molar-refractivity contribution in [2.45, 2.75) is 66.6 Å². The van der Waals surface area contributed by atoms with Crippen LogP contribution in [0.3, 0.4) is 0 Å². The van der Waals surface area contributed by atoms with Crippen molar-refractivity contribution in [2.24, 2.45) is 10.8 Å². The van der Waals surface area contributed by atoms with Crippen molar-refractivity contribution in [3.05, 3.63) is 0 Å². The summed E-state index contributed by atoms with van der Waals surface area (Å²) in [6, 6.07) is -0.160. The SMILES string of the molecule is CC1CC(P(=O)(OCOC(=O)C(C)(C)C)OCOC(=O)C(C)(C)C)C(=O)N1C. The predicted molar refractivity (Wildman–Crippen MR) is 101 cm³/mol. The summed E-state index contributed by atoms with van der Waals surface area (Å²) in [7, 11) is -2.47. The fourth-order valence-electron chi connectivity index (χ4n) is 2.26. The van der Waals surface area contributed by atoms with Crippen LogP contribution in [0.25, 0.3) is 0 Å². The summed E-state index contributed by atoms with van der Waals surface area (Å²) in [4.78, 5) is 37.7. The summed E-state index contributed by atoms with van der Waals surface area (Å²) in [5.74, 6) is -1.51. The maximum atomic E-state index is 13.3. The summed E-state index contributed by atoms with van der Waals surface area (Å²) in [6.07, 6.45) is 0.243. The van der Waals surface area contributed by atoms with Crippen molar-refractivity contribution < 1.29 is 37.5 Å². The zero-order valence-electron chi connectivity index (χ0n) is 17.9. The largest absolute Gasteiger partial charge is 0.438 e. The number of hydrogen-bond donors (Lipinski definition) is 0. The van der Waals surface area contributed by atoms with Crippen LogP contribution in [0, 0.1) is 10.8 Å². The highest BCUT2D eigenvalue weighted by molar-refractivity contribution is 7.55. The molecular weight excluding hydrogens is 389 g/mol. The van der Waals surface area contributed by atoms with Crippen molar-refractivity contribution in [3.63, 3.8) is 0 Å². The van der Waals surface area contributed by atoms with Gasteiger partial charge in [-0.05, 0) is 54.9 Å². The van der Waals surface area contributed by atoms with E-state index < -0.39 is 55.5 Å². The Labute approximate surface area is 166 Å². The van der Waals surface area contributed by atoms with Crippen LogP contribution in [0.2, 0.25) is 0 Å². The normalized spacial score (nSPS) is 21.0. The van der Waals surface area contributed by atoms with E-state index in [1.165, 1.54) is 4.90 Å². The lowest BCUT2D eigenvalue weighted by atomic mass is 9.98. The summed E-state index contributed by atoms with van der Waals surface area (Å²) in [5.41, 5.74) is -2.60. The number of nitrogens with zero attached hydrogens (tertiary/aromatic N) is 1. The maximum Gasteiger partial charge on any atom is 0.348 e. The third-order valence-electron chi connectivity index (χ3n) is 4.31. The first kappa shape index (κ1) is 24.6. The monoisotopic (exact) mass is 421 g/mol. The van der Waals surface area contributed by atoms with Gasteiger partial charge in [-0.3, -0.25) is 28.0 Å². The van der Waals surface area contributed by atoms with E-state index in [1.54, 1.807) is 48.6 Å². The van der Waals surface area contributed by atoms with Crippen LogP contribution in [-0.2, 0) is 37.5 Å². The van der Waals surface area contributed by atoms with E-state index in [4.69, 9.17) is 18.5 Å². The fourth-order valence-corrected chi connectivity index (χ4v) is 4.11. The molecule has 28 heavy (non-hydrogen) atoms. The van der Waals surface area contributed by atoms with Crippen LogP contribution in [-0.4, -0.2) is 55.1 Å². The molecule has 1 aliphatic rings. The number of hydrogen-bond acceptors (Lipinski definition) is 8. The molecule has 0 bridgehead atoms. The zero-order chi connectivity index (χ0) is 21.9. The summed E-state index contributed by atoms with van der Waals surface area (Å²) >= 11 is 0. The number of rotatable bonds is 7. The van der Waals surface area contributed by atoms with Gasteiger partial charge in [-0.15, -0.1) is 0 Å². The third-order valence-corrected chi connectivity index (χ3v) is 6.44. The minimum atomic E-state index is -4.06. The van der Waals surface area contributed by atoms with Gasteiger partial charge in [0.25, 0.3) is 0 Å². The Hall–Kier alpha value is -1.44. The van der Waals surface area contributed by atoms with E-state index in [1.807, 2.05) is 6.92 Å². The van der Waals surface area contributed by atoms with Gasteiger partial charge in [0.2, 0.25) is 19.5 Å². The van der Waals surface area contributed by atoms with E-state index in [-0.39, 0.29) is 12.5 Å². The van der Waals surface area contributed by atoms with Crippen LogP contribution in [0.15, 0.2) is 0 Å². The Kier molecular flexibility index (Phi) is 7.84. The topological polar surface area (TPSA) is 108 Å². The summed E-state index contributed by atoms with van der Waals surface area (Å²) in [5, 5.41) is 0. The molecule has 2 atom stereocenters. The quantitative estimate of drug-likeness (QED) is 0.351. The van der Waals surface area contributed by atoms with Crippen molar-refractivity contribution >= 4 is 25.4 Å². The van der Waals surface area contributed by atoms with E-state index in [9.17, 15) is 18.9 Å². The standard InChI is InChI=1S/C18H32NO8P/c1-12-9-13(14(20)19(12)8)28(23,26-10-24-15(21)17(2,3)4)27-11-25-16(22)18(5,6)7/h12-13H,9-11H2,1-8H3. The van der Waals surface area contributed by atoms with Crippen molar-refractivity contribution in [1.29, 1.82) is 0 Å². The molecule has 1 amide bonds. The molecule has 1 heterocycles. The molecule has 0 aliphatic carbocycles. The van der Waals surface area contributed by atoms with E-state index in [2.05, 4.69) is 0 Å². The molecule has 0 N–H and O–H groups in total. The van der Waals surface area contributed by atoms with Crippen LogP contribution in [0.5, 0.6) is 0 Å². The Bertz CT molecular complexity index is 613. The molecule has 0 saturated carbocycles. The van der Waals surface area contributed by atoms with Crippen LogP contribution < -0.4 is 0 Å². The Morgan fingerprint density at radius 1 is 1.00 bits per heavy atom. The Balaban J connectivity index is 2.85. The molecule has 1 aliphatic heterocycles. The van der Waals surface area contributed by atoms with Gasteiger partial charge < -0.3 is 14.4 Å². The van der Waals surface area contributed by atoms with Gasteiger partial charge in [-0.2, -0.15) is 0 Å². The van der Waals surface area contributed by atoms with E-state index in [0.717, 1.165) is 0 Å². The van der Waals surface area contributed by atoms with Crippen LogP contribution in [0.4, 0.5) is 0 Å². The number of carbonyl (C=O) groups is 3. The van der Waals surface area contributed by atoms with Gasteiger partial charge in [0.05, 0.1) is 10.8 Å². The van der Waals surface area contributed by atoms with Crippen LogP contribution in [0.1, 0.15) is 54.9 Å². The first-order valence-electron chi connectivity index (χ1n) is 9.09. The van der Waals surface area contributed by atoms with Gasteiger partial charge in [0, 0.05) is 13.1 Å². The molecule has 0 aromatic rings. The highest BCUT2D eigenvalue weighted by Gasteiger charge is 2.49. The molecule has 0 aromatic heterocycles. The lowest BCUT2D eigenvalue weighted by Crippen LogP contribution is -2.30. The molecule has 0 radical (unpaired) electrons. The number of esters is 2. The Morgan fingerprint density at radius 2 is 1.39 bits per heavy atom. The predicted octanol–water partition coefficient (Wildman–Crippen LogP) is 2.93. The molecule has 0 spiro atoms. The highest BCUT2D eigenvalue weighted by atomic mass is 31.2. The van der Waals surface area contributed by atoms with E-state index >= 15 is 0 Å². The number of likely N-dealkylation sites (tertiary alicyclic amines) is 1. The average molecular weight is 421 g/mol. The van der Waals surface area contributed by atoms with Crippen molar-refractivity contribution in [1.82, 2.24) is 4.90 Å². The van der Waals surface area contributed by atoms with Gasteiger partial charge in [0.1, 0.15) is 5.66 Å². The zero-order valence-corrected chi connectivity index (χ0v) is 18.8. The number of ether oxygens (including phenoxy) is 2. The second kappa shape index (κ2) is 8.93. The lowest BCUT2D eigenvalue weighted by Gasteiger charge is -2.24. The summed E-state index contributed by atoms with van der Waals surface area (Å²) in [6.45, 7) is 10.5. The molecule has 10 heteroatoms. The molecule has 2 unspecified atom stereocenters. The number of amides is 1. The lowest BCUT2D eigenvalue weighted by molar-refractivity contribution is -0.162. The summed E-state index contributed by atoms with van der Waals surface area (Å²) < 4.78 is 33.8. The molecule has 1 saturated heterocycles. The van der Waals surface area contributed by atoms with Crippen molar-refractivity contribution in [2.75, 3.05) is 20.6 Å². The molecule has 0 aromatic carbocycles. The van der Waals surface area contributed by atoms with Crippen LogP contribution >= 0.6 is 7.60 Å². The van der Waals surface area contributed by atoms with Gasteiger partial charge in [0.15, 0.2) is 0 Å². The van der Waals surface area contributed by atoms with Gasteiger partial charge >= 0.3 is 19.5 Å². The Morgan fingerprint density at radius 3 is 1.68 bits per heavy atom. The average Bonchev–Trinajstić information content (AvgIpc) is 2.81. The second-order valence-corrected chi connectivity index (χ2v) is 11.2. The smallest absolute Gasteiger partial charge is 0.348 e. The molecule has 9 nitrogen and oxygen atoms in total. The maximum absolute atomic E-state index is 13.3. The molecule has 162 valence electrons. The highest BCUT2D eigenvalue weighted by Crippen LogP contribution is 2.57. The van der Waals surface area contributed by atoms with Crippen molar-refractivity contribution in [3.8, 4) is 0 Å². The van der Waals surface area contributed by atoms with Gasteiger partial charge in [-0.25, -0.2) is 0 Å². The van der Waals surface area contributed by atoms with Gasteiger partial charge in [-0.1, -0.05) is 0 Å². The first-order chi connectivity index (χ1) is 12.6. The minimum Gasteiger partial charge on any atom is -0.438 e.